The number of nitrogens with zero attached hydrogens (tertiary/aromatic N) is 1. The normalized spacial score (nSPS) is 13.1. The van der Waals surface area contributed by atoms with Crippen LogP contribution in [0.25, 0.3) is 0 Å². The van der Waals surface area contributed by atoms with Gasteiger partial charge >= 0.3 is 0 Å². The lowest BCUT2D eigenvalue weighted by Gasteiger charge is -2.19. The topological polar surface area (TPSA) is 32.3 Å². The molecular formula is C18H20N2O. The molecule has 1 amide bonds. The first-order chi connectivity index (χ1) is 10.3. The number of para-hydroxylation sites is 2. The summed E-state index contributed by atoms with van der Waals surface area (Å²) in [6.45, 7) is 3.76. The van der Waals surface area contributed by atoms with Crippen molar-refractivity contribution in [1.29, 1.82) is 0 Å². The van der Waals surface area contributed by atoms with Crippen LogP contribution in [0.3, 0.4) is 0 Å². The summed E-state index contributed by atoms with van der Waals surface area (Å²) in [7, 11) is 0. The van der Waals surface area contributed by atoms with E-state index < -0.39 is 0 Å². The number of hydrogen-bond acceptors (Lipinski definition) is 2. The van der Waals surface area contributed by atoms with Gasteiger partial charge in [0, 0.05) is 24.5 Å². The van der Waals surface area contributed by atoms with Crippen LogP contribution >= 0.6 is 0 Å². The van der Waals surface area contributed by atoms with Gasteiger partial charge in [-0.2, -0.15) is 0 Å². The zero-order valence-electron chi connectivity index (χ0n) is 12.3. The van der Waals surface area contributed by atoms with Gasteiger partial charge in [0.05, 0.1) is 5.56 Å². The van der Waals surface area contributed by atoms with Crippen molar-refractivity contribution >= 4 is 17.3 Å². The lowest BCUT2D eigenvalue weighted by molar-refractivity contribution is 0.0990. The summed E-state index contributed by atoms with van der Waals surface area (Å²) in [6, 6.07) is 15.9. The SMILES string of the molecule is CCCNc1ccccc1C(=O)N1CCc2ccccc21. The van der Waals surface area contributed by atoms with Crippen LogP contribution < -0.4 is 10.2 Å². The maximum atomic E-state index is 12.9. The number of carbonyl (C=O) groups is 1. The molecule has 3 nitrogen and oxygen atoms in total. The van der Waals surface area contributed by atoms with Crippen molar-refractivity contribution in [3.63, 3.8) is 0 Å². The van der Waals surface area contributed by atoms with Crippen LogP contribution in [0.4, 0.5) is 11.4 Å². The number of carbonyl (C=O) groups excluding carboxylic acids is 1. The fourth-order valence-electron chi connectivity index (χ4n) is 2.78. The van der Waals surface area contributed by atoms with Crippen molar-refractivity contribution in [2.24, 2.45) is 0 Å². The van der Waals surface area contributed by atoms with Crippen molar-refractivity contribution in [3.8, 4) is 0 Å². The molecule has 1 aliphatic heterocycles. The highest BCUT2D eigenvalue weighted by Crippen LogP contribution is 2.30. The predicted molar refractivity (Wildman–Crippen MR) is 87.0 cm³/mol. The number of fused-ring (bicyclic) bond motifs is 1. The van der Waals surface area contributed by atoms with E-state index in [0.29, 0.717) is 0 Å². The number of nitrogens with one attached hydrogen (secondary N) is 1. The Balaban J connectivity index is 1.90. The third-order valence-electron chi connectivity index (χ3n) is 3.86. The van der Waals surface area contributed by atoms with E-state index in [0.717, 1.165) is 42.9 Å². The quantitative estimate of drug-likeness (QED) is 0.926. The van der Waals surface area contributed by atoms with E-state index in [1.54, 1.807) is 0 Å². The van der Waals surface area contributed by atoms with Crippen molar-refractivity contribution in [1.82, 2.24) is 0 Å². The van der Waals surface area contributed by atoms with Gasteiger partial charge in [0.1, 0.15) is 0 Å². The molecule has 0 radical (unpaired) electrons. The maximum absolute atomic E-state index is 12.9. The molecule has 0 unspecified atom stereocenters. The highest BCUT2D eigenvalue weighted by atomic mass is 16.2. The molecule has 1 heterocycles. The summed E-state index contributed by atoms with van der Waals surface area (Å²) in [5, 5.41) is 3.34. The Hall–Kier alpha value is -2.29. The van der Waals surface area contributed by atoms with Crippen LogP contribution in [0, 0.1) is 0 Å². The molecule has 0 spiro atoms. The number of hydrogen-bond donors (Lipinski definition) is 1. The first-order valence-electron chi connectivity index (χ1n) is 7.54. The van der Waals surface area contributed by atoms with Gasteiger partial charge in [-0.3, -0.25) is 4.79 Å². The number of amides is 1. The standard InChI is InChI=1S/C18H20N2O/c1-2-12-19-16-9-5-4-8-15(16)18(21)20-13-11-14-7-3-6-10-17(14)20/h3-10,19H,2,11-13H2,1H3. The molecule has 0 saturated carbocycles. The summed E-state index contributed by atoms with van der Waals surface area (Å²) in [6.07, 6.45) is 1.97. The lowest BCUT2D eigenvalue weighted by atomic mass is 10.1. The third kappa shape index (κ3) is 2.64. The van der Waals surface area contributed by atoms with Crippen molar-refractivity contribution in [3.05, 3.63) is 59.7 Å². The Kier molecular flexibility index (Phi) is 3.91. The lowest BCUT2D eigenvalue weighted by Crippen LogP contribution is -2.29. The molecule has 1 N–H and O–H groups in total. The van der Waals surface area contributed by atoms with E-state index in [-0.39, 0.29) is 5.91 Å². The Morgan fingerprint density at radius 3 is 2.76 bits per heavy atom. The highest BCUT2D eigenvalue weighted by Gasteiger charge is 2.26. The van der Waals surface area contributed by atoms with Crippen LogP contribution in [-0.4, -0.2) is 19.0 Å². The van der Waals surface area contributed by atoms with E-state index in [1.165, 1.54) is 5.56 Å². The van der Waals surface area contributed by atoms with Gasteiger partial charge in [-0.1, -0.05) is 37.3 Å². The molecule has 2 aromatic carbocycles. The van der Waals surface area contributed by atoms with Gasteiger partial charge < -0.3 is 10.2 Å². The third-order valence-corrected chi connectivity index (χ3v) is 3.86. The predicted octanol–water partition coefficient (Wildman–Crippen LogP) is 3.71. The van der Waals surface area contributed by atoms with Gasteiger partial charge in [0.2, 0.25) is 0 Å². The Morgan fingerprint density at radius 1 is 1.14 bits per heavy atom. The molecule has 0 bridgehead atoms. The molecule has 21 heavy (non-hydrogen) atoms. The van der Waals surface area contributed by atoms with Gasteiger partial charge in [-0.25, -0.2) is 0 Å². The second-order valence-corrected chi connectivity index (χ2v) is 5.31. The van der Waals surface area contributed by atoms with Gasteiger partial charge in [0.25, 0.3) is 5.91 Å². The second-order valence-electron chi connectivity index (χ2n) is 5.31. The van der Waals surface area contributed by atoms with Crippen LogP contribution in [-0.2, 0) is 6.42 Å². The molecule has 0 fully saturated rings. The summed E-state index contributed by atoms with van der Waals surface area (Å²) in [5.41, 5.74) is 3.98. The summed E-state index contributed by atoms with van der Waals surface area (Å²) in [4.78, 5) is 14.8. The molecule has 1 aliphatic rings. The average molecular weight is 280 g/mol. The number of benzene rings is 2. The monoisotopic (exact) mass is 280 g/mol. The summed E-state index contributed by atoms with van der Waals surface area (Å²) in [5.74, 6) is 0.0825. The minimum Gasteiger partial charge on any atom is -0.384 e. The molecule has 3 heteroatoms. The first kappa shape index (κ1) is 13.7. The molecular weight excluding hydrogens is 260 g/mol. The molecule has 0 aliphatic carbocycles. The first-order valence-corrected chi connectivity index (χ1v) is 7.54. The van der Waals surface area contributed by atoms with Crippen molar-refractivity contribution in [2.75, 3.05) is 23.3 Å². The number of anilines is 2. The Morgan fingerprint density at radius 2 is 1.90 bits per heavy atom. The number of rotatable bonds is 4. The van der Waals surface area contributed by atoms with E-state index in [1.807, 2.05) is 47.4 Å². The zero-order chi connectivity index (χ0) is 14.7. The van der Waals surface area contributed by atoms with E-state index in [9.17, 15) is 4.79 Å². The van der Waals surface area contributed by atoms with Crippen LogP contribution in [0.1, 0.15) is 29.3 Å². The average Bonchev–Trinajstić information content (AvgIpc) is 2.96. The van der Waals surface area contributed by atoms with Crippen molar-refractivity contribution in [2.45, 2.75) is 19.8 Å². The fourth-order valence-corrected chi connectivity index (χ4v) is 2.78. The van der Waals surface area contributed by atoms with Crippen LogP contribution in [0.15, 0.2) is 48.5 Å². The second kappa shape index (κ2) is 6.00. The van der Waals surface area contributed by atoms with Crippen molar-refractivity contribution < 1.29 is 4.79 Å². The molecule has 0 saturated heterocycles. The summed E-state index contributed by atoms with van der Waals surface area (Å²) >= 11 is 0. The maximum Gasteiger partial charge on any atom is 0.260 e. The van der Waals surface area contributed by atoms with Gasteiger partial charge in [-0.05, 0) is 36.6 Å². The van der Waals surface area contributed by atoms with Gasteiger partial charge in [-0.15, -0.1) is 0 Å². The largest absolute Gasteiger partial charge is 0.384 e. The minimum absolute atomic E-state index is 0.0825. The highest BCUT2D eigenvalue weighted by molar-refractivity contribution is 6.10. The van der Waals surface area contributed by atoms with E-state index in [4.69, 9.17) is 0 Å². The molecule has 0 aromatic heterocycles. The van der Waals surface area contributed by atoms with Gasteiger partial charge in [0.15, 0.2) is 0 Å². The van der Waals surface area contributed by atoms with E-state index in [2.05, 4.69) is 18.3 Å². The Bertz CT molecular complexity index is 651. The Labute approximate surface area is 125 Å². The van der Waals surface area contributed by atoms with E-state index >= 15 is 0 Å². The zero-order valence-corrected chi connectivity index (χ0v) is 12.3. The molecule has 108 valence electrons. The molecule has 3 rings (SSSR count). The summed E-state index contributed by atoms with van der Waals surface area (Å²) < 4.78 is 0. The molecule has 2 aromatic rings. The molecule has 0 atom stereocenters. The van der Waals surface area contributed by atoms with Crippen LogP contribution in [0.5, 0.6) is 0 Å². The smallest absolute Gasteiger partial charge is 0.260 e. The minimum atomic E-state index is 0.0825. The fraction of sp³-hybridized carbons (Fsp3) is 0.278. The van der Waals surface area contributed by atoms with Crippen LogP contribution in [0.2, 0.25) is 0 Å².